The van der Waals surface area contributed by atoms with Crippen LogP contribution in [-0.4, -0.2) is 21.2 Å². The summed E-state index contributed by atoms with van der Waals surface area (Å²) in [6, 6.07) is -0.117. The number of ether oxygens (including phenoxy) is 1. The largest absolute Gasteiger partial charge is 0.444 e. The highest BCUT2D eigenvalue weighted by molar-refractivity contribution is 5.68. The maximum atomic E-state index is 11.8. The first kappa shape index (κ1) is 16.5. The molecule has 1 amide bonds. The predicted octanol–water partition coefficient (Wildman–Crippen LogP) is 3.66. The standard InChI is InChI=1S/C15H27N3O2/c1-6-7-8-9-18-11-16-10-13(18)12(2)17-14(19)20-15(3,4)5/h10-12H,6-9H2,1-5H3,(H,17,19). The minimum Gasteiger partial charge on any atom is -0.444 e. The average Bonchev–Trinajstić information content (AvgIpc) is 2.75. The number of nitrogens with zero attached hydrogens (tertiary/aromatic N) is 2. The molecule has 0 fully saturated rings. The molecule has 0 aromatic carbocycles. The molecule has 1 rings (SSSR count). The first-order valence-corrected chi connectivity index (χ1v) is 7.33. The second-order valence-corrected chi connectivity index (χ2v) is 6.09. The molecular formula is C15H27N3O2. The van der Waals surface area contributed by atoms with Crippen LogP contribution < -0.4 is 5.32 Å². The molecule has 1 aromatic rings. The molecular weight excluding hydrogens is 254 g/mol. The minimum atomic E-state index is -0.481. The summed E-state index contributed by atoms with van der Waals surface area (Å²) < 4.78 is 7.36. The van der Waals surface area contributed by atoms with Crippen LogP contribution in [0.25, 0.3) is 0 Å². The topological polar surface area (TPSA) is 56.2 Å². The number of aromatic nitrogens is 2. The fourth-order valence-corrected chi connectivity index (χ4v) is 1.97. The Morgan fingerprint density at radius 2 is 2.15 bits per heavy atom. The number of aryl methyl sites for hydroxylation is 1. The third kappa shape index (κ3) is 5.63. The maximum absolute atomic E-state index is 11.8. The van der Waals surface area contributed by atoms with Gasteiger partial charge < -0.3 is 14.6 Å². The van der Waals surface area contributed by atoms with Gasteiger partial charge in [-0.15, -0.1) is 0 Å². The molecule has 1 heterocycles. The van der Waals surface area contributed by atoms with E-state index < -0.39 is 11.7 Å². The molecule has 0 radical (unpaired) electrons. The van der Waals surface area contributed by atoms with Gasteiger partial charge in [-0.05, 0) is 34.1 Å². The molecule has 0 aliphatic heterocycles. The van der Waals surface area contributed by atoms with Crippen molar-refractivity contribution in [1.29, 1.82) is 0 Å². The van der Waals surface area contributed by atoms with Crippen LogP contribution in [0.15, 0.2) is 12.5 Å². The van der Waals surface area contributed by atoms with E-state index >= 15 is 0 Å². The zero-order valence-electron chi connectivity index (χ0n) is 13.3. The molecule has 0 saturated heterocycles. The Morgan fingerprint density at radius 3 is 2.75 bits per heavy atom. The SMILES string of the molecule is CCCCCn1cncc1C(C)NC(=O)OC(C)(C)C. The molecule has 0 aliphatic carbocycles. The number of nitrogens with one attached hydrogen (secondary N) is 1. The number of carbonyl (C=O) groups excluding carboxylic acids is 1. The van der Waals surface area contributed by atoms with Crippen LogP contribution in [0.2, 0.25) is 0 Å². The van der Waals surface area contributed by atoms with Gasteiger partial charge >= 0.3 is 6.09 Å². The van der Waals surface area contributed by atoms with E-state index in [2.05, 4.69) is 21.8 Å². The molecule has 0 saturated carbocycles. The molecule has 114 valence electrons. The summed E-state index contributed by atoms with van der Waals surface area (Å²) in [6.45, 7) is 10.6. The van der Waals surface area contributed by atoms with Crippen LogP contribution in [0.1, 0.15) is 65.6 Å². The van der Waals surface area contributed by atoms with Crippen molar-refractivity contribution in [1.82, 2.24) is 14.9 Å². The van der Waals surface area contributed by atoms with Gasteiger partial charge in [0, 0.05) is 6.54 Å². The molecule has 1 unspecified atom stereocenters. The number of hydrogen-bond acceptors (Lipinski definition) is 3. The number of amides is 1. The molecule has 5 nitrogen and oxygen atoms in total. The fourth-order valence-electron chi connectivity index (χ4n) is 1.97. The number of unbranched alkanes of at least 4 members (excludes halogenated alkanes) is 2. The fraction of sp³-hybridized carbons (Fsp3) is 0.733. The Labute approximate surface area is 121 Å². The van der Waals surface area contributed by atoms with Crippen molar-refractivity contribution in [2.45, 2.75) is 72.1 Å². The van der Waals surface area contributed by atoms with E-state index in [1.54, 1.807) is 6.20 Å². The highest BCUT2D eigenvalue weighted by atomic mass is 16.6. The summed E-state index contributed by atoms with van der Waals surface area (Å²) in [5, 5.41) is 2.85. The van der Waals surface area contributed by atoms with E-state index in [1.165, 1.54) is 12.8 Å². The second-order valence-electron chi connectivity index (χ2n) is 6.09. The summed E-state index contributed by atoms with van der Waals surface area (Å²) in [6.07, 6.45) is 6.73. The monoisotopic (exact) mass is 281 g/mol. The van der Waals surface area contributed by atoms with Crippen molar-refractivity contribution >= 4 is 6.09 Å². The number of alkyl carbamates (subject to hydrolysis) is 1. The minimum absolute atomic E-state index is 0.117. The normalized spacial score (nSPS) is 13.1. The quantitative estimate of drug-likeness (QED) is 0.810. The summed E-state index contributed by atoms with van der Waals surface area (Å²) in [4.78, 5) is 15.9. The molecule has 0 bridgehead atoms. The molecule has 1 atom stereocenters. The lowest BCUT2D eigenvalue weighted by atomic mass is 10.2. The first-order chi connectivity index (χ1) is 9.33. The average molecular weight is 281 g/mol. The zero-order chi connectivity index (χ0) is 15.2. The summed E-state index contributed by atoms with van der Waals surface area (Å²) >= 11 is 0. The predicted molar refractivity (Wildman–Crippen MR) is 79.5 cm³/mol. The van der Waals surface area contributed by atoms with Crippen molar-refractivity contribution in [3.8, 4) is 0 Å². The van der Waals surface area contributed by atoms with E-state index in [4.69, 9.17) is 4.74 Å². The van der Waals surface area contributed by atoms with Crippen LogP contribution in [0, 0.1) is 0 Å². The third-order valence-electron chi connectivity index (χ3n) is 2.92. The van der Waals surface area contributed by atoms with E-state index in [-0.39, 0.29) is 6.04 Å². The summed E-state index contributed by atoms with van der Waals surface area (Å²) in [5.41, 5.74) is 0.525. The molecule has 20 heavy (non-hydrogen) atoms. The van der Waals surface area contributed by atoms with Crippen LogP contribution in [0.4, 0.5) is 4.79 Å². The first-order valence-electron chi connectivity index (χ1n) is 7.33. The molecule has 1 N–H and O–H groups in total. The highest BCUT2D eigenvalue weighted by Gasteiger charge is 2.19. The van der Waals surface area contributed by atoms with E-state index in [0.29, 0.717) is 0 Å². The van der Waals surface area contributed by atoms with Crippen LogP contribution in [0.5, 0.6) is 0 Å². The lowest BCUT2D eigenvalue weighted by Gasteiger charge is -2.22. The molecule has 1 aromatic heterocycles. The maximum Gasteiger partial charge on any atom is 0.408 e. The van der Waals surface area contributed by atoms with Crippen LogP contribution >= 0.6 is 0 Å². The van der Waals surface area contributed by atoms with Gasteiger partial charge in [-0.2, -0.15) is 0 Å². The third-order valence-corrected chi connectivity index (χ3v) is 2.92. The lowest BCUT2D eigenvalue weighted by molar-refractivity contribution is 0.0506. The van der Waals surface area contributed by atoms with E-state index in [1.807, 2.05) is 34.0 Å². The van der Waals surface area contributed by atoms with Gasteiger partial charge in [-0.3, -0.25) is 0 Å². The van der Waals surface area contributed by atoms with E-state index in [0.717, 1.165) is 18.7 Å². The summed E-state index contributed by atoms with van der Waals surface area (Å²) in [7, 11) is 0. The Balaban J connectivity index is 2.57. The lowest BCUT2D eigenvalue weighted by Crippen LogP contribution is -2.34. The number of hydrogen-bond donors (Lipinski definition) is 1. The number of rotatable bonds is 6. The van der Waals surface area contributed by atoms with Gasteiger partial charge in [0.25, 0.3) is 0 Å². The van der Waals surface area contributed by atoms with Gasteiger partial charge in [0.15, 0.2) is 0 Å². The van der Waals surface area contributed by atoms with Crippen molar-refractivity contribution in [2.75, 3.05) is 0 Å². The van der Waals surface area contributed by atoms with Crippen molar-refractivity contribution in [3.63, 3.8) is 0 Å². The van der Waals surface area contributed by atoms with Crippen LogP contribution in [0.3, 0.4) is 0 Å². The number of carbonyl (C=O) groups is 1. The van der Waals surface area contributed by atoms with Gasteiger partial charge in [0.05, 0.1) is 24.3 Å². The molecule has 0 aliphatic rings. The van der Waals surface area contributed by atoms with E-state index in [9.17, 15) is 4.79 Å². The molecule has 5 heteroatoms. The van der Waals surface area contributed by atoms with Crippen molar-refractivity contribution in [3.05, 3.63) is 18.2 Å². The Kier molecular flexibility index (Phi) is 6.05. The van der Waals surface area contributed by atoms with Crippen molar-refractivity contribution in [2.24, 2.45) is 0 Å². The molecule has 0 spiro atoms. The Hall–Kier alpha value is -1.52. The zero-order valence-corrected chi connectivity index (χ0v) is 13.3. The van der Waals surface area contributed by atoms with Crippen LogP contribution in [-0.2, 0) is 11.3 Å². The Morgan fingerprint density at radius 1 is 1.45 bits per heavy atom. The van der Waals surface area contributed by atoms with Gasteiger partial charge in [-0.25, -0.2) is 9.78 Å². The van der Waals surface area contributed by atoms with Crippen molar-refractivity contribution < 1.29 is 9.53 Å². The smallest absolute Gasteiger partial charge is 0.408 e. The Bertz CT molecular complexity index is 421. The number of imidazole rings is 1. The summed E-state index contributed by atoms with van der Waals surface area (Å²) in [5.74, 6) is 0. The van der Waals surface area contributed by atoms with Gasteiger partial charge in [0.2, 0.25) is 0 Å². The highest BCUT2D eigenvalue weighted by Crippen LogP contribution is 2.14. The second kappa shape index (κ2) is 7.31. The van der Waals surface area contributed by atoms with Gasteiger partial charge in [0.1, 0.15) is 5.60 Å². The van der Waals surface area contributed by atoms with Gasteiger partial charge in [-0.1, -0.05) is 19.8 Å².